The van der Waals surface area contributed by atoms with Crippen molar-refractivity contribution in [2.24, 2.45) is 5.41 Å². The zero-order valence-corrected chi connectivity index (χ0v) is 13.4. The highest BCUT2D eigenvalue weighted by Gasteiger charge is 2.38. The molecule has 0 saturated heterocycles. The lowest BCUT2D eigenvalue weighted by atomic mass is 9.75. The van der Waals surface area contributed by atoms with Crippen molar-refractivity contribution in [1.82, 2.24) is 0 Å². The highest BCUT2D eigenvalue weighted by atomic mass is 16.5. The van der Waals surface area contributed by atoms with Gasteiger partial charge in [-0.1, -0.05) is 25.5 Å². The summed E-state index contributed by atoms with van der Waals surface area (Å²) in [6.07, 6.45) is 9.70. The largest absolute Gasteiger partial charge is 0.487 e. The molecule has 2 rings (SSSR count). The lowest BCUT2D eigenvalue weighted by Gasteiger charge is -2.39. The van der Waals surface area contributed by atoms with Crippen LogP contribution in [0.5, 0.6) is 0 Å². The number of hydrogen-bond donors (Lipinski definition) is 0. The maximum absolute atomic E-state index is 12.2. The highest BCUT2D eigenvalue weighted by Crippen LogP contribution is 2.42. The number of ketones is 1. The van der Waals surface area contributed by atoms with Crippen LogP contribution in [0.1, 0.15) is 60.3 Å². The first-order valence-electron chi connectivity index (χ1n) is 7.49. The summed E-state index contributed by atoms with van der Waals surface area (Å²) in [5, 5.41) is 0. The molecule has 2 nitrogen and oxygen atoms in total. The molecule has 0 radical (unpaired) electrons. The molecule has 2 heteroatoms. The van der Waals surface area contributed by atoms with Crippen molar-refractivity contribution >= 4 is 5.78 Å². The summed E-state index contributed by atoms with van der Waals surface area (Å²) in [5.74, 6) is 1.12. The zero-order valence-electron chi connectivity index (χ0n) is 13.4. The van der Waals surface area contributed by atoms with Gasteiger partial charge in [-0.15, -0.1) is 0 Å². The van der Waals surface area contributed by atoms with E-state index in [9.17, 15) is 4.79 Å². The Labute approximate surface area is 122 Å². The van der Waals surface area contributed by atoms with E-state index in [1.54, 1.807) is 0 Å². The van der Waals surface area contributed by atoms with E-state index in [1.807, 2.05) is 6.08 Å². The summed E-state index contributed by atoms with van der Waals surface area (Å²) in [7, 11) is 0. The number of ether oxygens (including phenoxy) is 1. The van der Waals surface area contributed by atoms with Gasteiger partial charge in [-0.25, -0.2) is 0 Å². The van der Waals surface area contributed by atoms with Gasteiger partial charge in [-0.2, -0.15) is 0 Å². The lowest BCUT2D eigenvalue weighted by molar-refractivity contribution is -0.119. The maximum Gasteiger partial charge on any atom is 0.166 e. The van der Waals surface area contributed by atoms with E-state index < -0.39 is 0 Å². The lowest BCUT2D eigenvalue weighted by Crippen LogP contribution is -2.35. The Hall–Kier alpha value is -1.31. The van der Waals surface area contributed by atoms with E-state index in [-0.39, 0.29) is 16.8 Å². The van der Waals surface area contributed by atoms with Crippen molar-refractivity contribution in [3.63, 3.8) is 0 Å². The van der Waals surface area contributed by atoms with Crippen LogP contribution in [0.25, 0.3) is 0 Å². The summed E-state index contributed by atoms with van der Waals surface area (Å²) in [6.45, 7) is 10.6. The van der Waals surface area contributed by atoms with E-state index in [0.29, 0.717) is 6.42 Å². The van der Waals surface area contributed by atoms with Crippen molar-refractivity contribution in [1.29, 1.82) is 0 Å². The van der Waals surface area contributed by atoms with Gasteiger partial charge in [0.2, 0.25) is 0 Å². The monoisotopic (exact) mass is 274 g/mol. The minimum atomic E-state index is -0.279. The van der Waals surface area contributed by atoms with Gasteiger partial charge in [0.15, 0.2) is 5.78 Å². The Bertz CT molecular complexity index is 502. The zero-order chi connectivity index (χ0) is 15.0. The van der Waals surface area contributed by atoms with Crippen LogP contribution in [-0.4, -0.2) is 11.4 Å². The summed E-state index contributed by atoms with van der Waals surface area (Å²) in [4.78, 5) is 12.2. The van der Waals surface area contributed by atoms with E-state index in [0.717, 1.165) is 30.6 Å². The van der Waals surface area contributed by atoms with Crippen molar-refractivity contribution in [3.8, 4) is 0 Å². The van der Waals surface area contributed by atoms with Crippen LogP contribution < -0.4 is 0 Å². The van der Waals surface area contributed by atoms with E-state index in [2.05, 4.69) is 46.8 Å². The second kappa shape index (κ2) is 5.23. The Morgan fingerprint density at radius 3 is 2.65 bits per heavy atom. The summed E-state index contributed by atoms with van der Waals surface area (Å²) < 4.78 is 6.21. The van der Waals surface area contributed by atoms with Gasteiger partial charge in [-0.3, -0.25) is 4.79 Å². The molecule has 1 aliphatic carbocycles. The molecule has 0 spiro atoms. The van der Waals surface area contributed by atoms with Crippen LogP contribution >= 0.6 is 0 Å². The third-order valence-corrected chi connectivity index (χ3v) is 4.03. The van der Waals surface area contributed by atoms with Crippen molar-refractivity contribution < 1.29 is 9.53 Å². The van der Waals surface area contributed by atoms with Crippen LogP contribution in [-0.2, 0) is 9.53 Å². The van der Waals surface area contributed by atoms with Crippen LogP contribution in [0.2, 0.25) is 0 Å². The van der Waals surface area contributed by atoms with Crippen molar-refractivity contribution in [2.75, 3.05) is 0 Å². The molecule has 0 N–H and O–H groups in total. The minimum Gasteiger partial charge on any atom is -0.487 e. The molecule has 1 heterocycles. The van der Waals surface area contributed by atoms with Gasteiger partial charge in [0, 0.05) is 12.8 Å². The molecule has 0 aromatic rings. The predicted octanol–water partition coefficient (Wildman–Crippen LogP) is 4.72. The summed E-state index contributed by atoms with van der Waals surface area (Å²) >= 11 is 0. The van der Waals surface area contributed by atoms with Crippen molar-refractivity contribution in [3.05, 3.63) is 35.1 Å². The molecule has 0 amide bonds. The molecule has 2 aliphatic rings. The Balaban J connectivity index is 2.13. The molecule has 1 atom stereocenters. The predicted molar refractivity (Wildman–Crippen MR) is 82.3 cm³/mol. The number of allylic oxidation sites excluding steroid dienone is 5. The first-order chi connectivity index (χ1) is 9.21. The van der Waals surface area contributed by atoms with Gasteiger partial charge in [-0.05, 0) is 51.2 Å². The van der Waals surface area contributed by atoms with Gasteiger partial charge >= 0.3 is 0 Å². The Kier molecular flexibility index (Phi) is 3.95. The molecule has 0 fully saturated rings. The summed E-state index contributed by atoms with van der Waals surface area (Å²) in [6, 6.07) is 0. The average Bonchev–Trinajstić information content (AvgIpc) is 2.25. The molecular formula is C18H26O2. The van der Waals surface area contributed by atoms with Crippen LogP contribution in [0.4, 0.5) is 0 Å². The van der Waals surface area contributed by atoms with Crippen LogP contribution in [0.3, 0.4) is 0 Å². The normalized spacial score (nSPS) is 27.9. The number of carbonyl (C=O) groups excluding carboxylic acids is 1. The van der Waals surface area contributed by atoms with Gasteiger partial charge in [0.1, 0.15) is 11.4 Å². The maximum atomic E-state index is 12.2. The second-order valence-corrected chi connectivity index (χ2v) is 7.35. The van der Waals surface area contributed by atoms with E-state index in [4.69, 9.17) is 4.74 Å². The molecule has 20 heavy (non-hydrogen) atoms. The molecule has 1 unspecified atom stereocenters. The number of Topliss-reactive ketones (excluding diaryl/α,β-unsaturated/α-hetero) is 1. The average molecular weight is 274 g/mol. The standard InChI is InChI=1S/C18H26O2/c1-13(2)7-6-9-18(5)10-8-14-15(19)11-17(3,4)12-16(14)20-18/h7-8,10H,6,9,11-12H2,1-5H3. The SMILES string of the molecule is CC(C)=CCCC1(C)C=CC2=C(CC(C)(C)CC2=O)O1. The smallest absolute Gasteiger partial charge is 0.166 e. The number of carbonyl (C=O) groups is 1. The fourth-order valence-electron chi connectivity index (χ4n) is 2.91. The topological polar surface area (TPSA) is 26.3 Å². The fourth-order valence-corrected chi connectivity index (χ4v) is 2.91. The highest BCUT2D eigenvalue weighted by molar-refractivity contribution is 6.00. The van der Waals surface area contributed by atoms with Crippen molar-refractivity contribution in [2.45, 2.75) is 65.9 Å². The van der Waals surface area contributed by atoms with Gasteiger partial charge in [0.05, 0.1) is 5.57 Å². The molecule has 0 saturated carbocycles. The fraction of sp³-hybridized carbons (Fsp3) is 0.611. The van der Waals surface area contributed by atoms with E-state index in [1.165, 1.54) is 5.57 Å². The molecule has 0 aromatic heterocycles. The Morgan fingerprint density at radius 1 is 1.30 bits per heavy atom. The van der Waals surface area contributed by atoms with Crippen LogP contribution in [0.15, 0.2) is 35.1 Å². The molecule has 0 aromatic carbocycles. The molecule has 1 aliphatic heterocycles. The number of rotatable bonds is 3. The molecule has 0 bridgehead atoms. The Morgan fingerprint density at radius 2 is 2.00 bits per heavy atom. The van der Waals surface area contributed by atoms with Crippen LogP contribution in [0, 0.1) is 5.41 Å². The molecular weight excluding hydrogens is 248 g/mol. The number of hydrogen-bond acceptors (Lipinski definition) is 2. The second-order valence-electron chi connectivity index (χ2n) is 7.35. The summed E-state index contributed by atoms with van der Waals surface area (Å²) in [5.41, 5.74) is 1.87. The van der Waals surface area contributed by atoms with E-state index >= 15 is 0 Å². The molecule has 110 valence electrons. The van der Waals surface area contributed by atoms with Gasteiger partial charge < -0.3 is 4.74 Å². The quantitative estimate of drug-likeness (QED) is 0.696. The minimum absolute atomic E-state index is 0.0158. The first kappa shape index (κ1) is 15.1. The first-order valence-corrected chi connectivity index (χ1v) is 7.49. The third-order valence-electron chi connectivity index (χ3n) is 4.03. The third kappa shape index (κ3) is 3.41. The van der Waals surface area contributed by atoms with Gasteiger partial charge in [0.25, 0.3) is 0 Å².